The highest BCUT2D eigenvalue weighted by Gasteiger charge is 2.04. The zero-order chi connectivity index (χ0) is 12.3. The molecule has 0 spiro atoms. The van der Waals surface area contributed by atoms with Crippen LogP contribution in [-0.2, 0) is 6.54 Å². The number of nitrogens with zero attached hydrogens (tertiary/aromatic N) is 2. The van der Waals surface area contributed by atoms with Gasteiger partial charge >= 0.3 is 0 Å². The van der Waals surface area contributed by atoms with Crippen molar-refractivity contribution >= 4 is 5.82 Å². The standard InChI is InChI=1S/C14H15FN2/c1-11-5-3-6-12(9-11)10-17(2)14-8-4-7-13(15)16-14/h3-9H,10H2,1-2H3. The lowest BCUT2D eigenvalue weighted by atomic mass is 10.1. The van der Waals surface area contributed by atoms with Gasteiger partial charge in [-0.2, -0.15) is 4.39 Å². The van der Waals surface area contributed by atoms with Crippen molar-refractivity contribution in [2.24, 2.45) is 0 Å². The molecule has 1 aromatic carbocycles. The fraction of sp³-hybridized carbons (Fsp3) is 0.214. The average Bonchev–Trinajstić information content (AvgIpc) is 2.29. The predicted octanol–water partition coefficient (Wildman–Crippen LogP) is 3.17. The van der Waals surface area contributed by atoms with Gasteiger partial charge in [0.15, 0.2) is 0 Å². The van der Waals surface area contributed by atoms with Crippen LogP contribution in [-0.4, -0.2) is 12.0 Å². The molecular formula is C14H15FN2. The number of anilines is 1. The van der Waals surface area contributed by atoms with Gasteiger partial charge in [0, 0.05) is 13.6 Å². The molecule has 0 unspecified atom stereocenters. The number of aryl methyl sites for hydroxylation is 1. The topological polar surface area (TPSA) is 16.1 Å². The van der Waals surface area contributed by atoms with Gasteiger partial charge < -0.3 is 4.90 Å². The highest BCUT2D eigenvalue weighted by molar-refractivity contribution is 5.38. The Kier molecular flexibility index (Phi) is 3.38. The van der Waals surface area contributed by atoms with Gasteiger partial charge in [0.05, 0.1) is 0 Å². The Labute approximate surface area is 101 Å². The van der Waals surface area contributed by atoms with E-state index in [0.29, 0.717) is 5.82 Å². The summed E-state index contributed by atoms with van der Waals surface area (Å²) < 4.78 is 13.0. The number of benzene rings is 1. The normalized spacial score (nSPS) is 10.3. The minimum atomic E-state index is -0.446. The number of hydrogen-bond acceptors (Lipinski definition) is 2. The Balaban J connectivity index is 2.14. The van der Waals surface area contributed by atoms with E-state index in [9.17, 15) is 4.39 Å². The largest absolute Gasteiger partial charge is 0.355 e. The van der Waals surface area contributed by atoms with Crippen molar-refractivity contribution in [1.29, 1.82) is 0 Å². The van der Waals surface area contributed by atoms with Gasteiger partial charge in [0.1, 0.15) is 5.82 Å². The van der Waals surface area contributed by atoms with E-state index in [4.69, 9.17) is 0 Å². The first-order valence-corrected chi connectivity index (χ1v) is 5.54. The van der Waals surface area contributed by atoms with Crippen molar-refractivity contribution in [2.75, 3.05) is 11.9 Å². The molecule has 0 atom stereocenters. The molecule has 3 heteroatoms. The van der Waals surface area contributed by atoms with E-state index >= 15 is 0 Å². The van der Waals surface area contributed by atoms with E-state index in [1.807, 2.05) is 18.0 Å². The molecule has 0 amide bonds. The van der Waals surface area contributed by atoms with Gasteiger partial charge in [-0.3, -0.25) is 0 Å². The minimum absolute atomic E-state index is 0.446. The van der Waals surface area contributed by atoms with E-state index in [1.165, 1.54) is 17.2 Å². The Morgan fingerprint density at radius 3 is 2.65 bits per heavy atom. The summed E-state index contributed by atoms with van der Waals surface area (Å²) in [7, 11) is 1.91. The summed E-state index contributed by atoms with van der Waals surface area (Å²) >= 11 is 0. The highest BCUT2D eigenvalue weighted by atomic mass is 19.1. The first-order valence-electron chi connectivity index (χ1n) is 5.54. The van der Waals surface area contributed by atoms with E-state index < -0.39 is 5.95 Å². The third-order valence-corrected chi connectivity index (χ3v) is 2.59. The van der Waals surface area contributed by atoms with Crippen LogP contribution in [0.2, 0.25) is 0 Å². The maximum absolute atomic E-state index is 13.0. The highest BCUT2D eigenvalue weighted by Crippen LogP contribution is 2.13. The molecule has 0 radical (unpaired) electrons. The molecule has 17 heavy (non-hydrogen) atoms. The van der Waals surface area contributed by atoms with Crippen molar-refractivity contribution in [2.45, 2.75) is 13.5 Å². The zero-order valence-electron chi connectivity index (χ0n) is 10.0. The Morgan fingerprint density at radius 1 is 1.18 bits per heavy atom. The molecule has 0 bridgehead atoms. The van der Waals surface area contributed by atoms with E-state index in [-0.39, 0.29) is 0 Å². The number of aromatic nitrogens is 1. The second kappa shape index (κ2) is 4.95. The summed E-state index contributed by atoms with van der Waals surface area (Å²) in [4.78, 5) is 5.78. The Bertz CT molecular complexity index is 511. The van der Waals surface area contributed by atoms with Crippen LogP contribution in [0.4, 0.5) is 10.2 Å². The molecule has 0 N–H and O–H groups in total. The summed E-state index contributed by atoms with van der Waals surface area (Å²) in [6.07, 6.45) is 0. The van der Waals surface area contributed by atoms with E-state index in [0.717, 1.165) is 6.54 Å². The minimum Gasteiger partial charge on any atom is -0.355 e. The molecule has 0 aliphatic carbocycles. The zero-order valence-corrected chi connectivity index (χ0v) is 10.0. The lowest BCUT2D eigenvalue weighted by Crippen LogP contribution is -2.17. The fourth-order valence-electron chi connectivity index (χ4n) is 1.78. The first-order chi connectivity index (χ1) is 8.15. The third-order valence-electron chi connectivity index (χ3n) is 2.59. The molecule has 0 saturated carbocycles. The van der Waals surface area contributed by atoms with Gasteiger partial charge in [-0.1, -0.05) is 35.9 Å². The van der Waals surface area contributed by atoms with Gasteiger partial charge in [-0.15, -0.1) is 0 Å². The molecule has 1 heterocycles. The molecule has 0 aliphatic heterocycles. The fourth-order valence-corrected chi connectivity index (χ4v) is 1.78. The molecule has 88 valence electrons. The van der Waals surface area contributed by atoms with E-state index in [1.54, 1.807) is 12.1 Å². The van der Waals surface area contributed by atoms with Gasteiger partial charge in [-0.05, 0) is 24.6 Å². The molecule has 1 aromatic heterocycles. The monoisotopic (exact) mass is 230 g/mol. The van der Waals surface area contributed by atoms with Crippen molar-refractivity contribution in [1.82, 2.24) is 4.98 Å². The second-order valence-corrected chi connectivity index (χ2v) is 4.16. The molecular weight excluding hydrogens is 215 g/mol. The van der Waals surface area contributed by atoms with Gasteiger partial charge in [0.2, 0.25) is 5.95 Å². The number of rotatable bonds is 3. The second-order valence-electron chi connectivity index (χ2n) is 4.16. The van der Waals surface area contributed by atoms with Crippen LogP contribution in [0.25, 0.3) is 0 Å². The van der Waals surface area contributed by atoms with Crippen LogP contribution in [0.5, 0.6) is 0 Å². The summed E-state index contributed by atoms with van der Waals surface area (Å²) in [5, 5.41) is 0. The Morgan fingerprint density at radius 2 is 1.94 bits per heavy atom. The lowest BCUT2D eigenvalue weighted by molar-refractivity contribution is 0.582. The SMILES string of the molecule is Cc1cccc(CN(C)c2cccc(F)n2)c1. The summed E-state index contributed by atoms with van der Waals surface area (Å²) in [5.41, 5.74) is 2.42. The molecule has 2 nitrogen and oxygen atoms in total. The molecule has 2 aromatic rings. The van der Waals surface area contributed by atoms with Crippen LogP contribution in [0.15, 0.2) is 42.5 Å². The quantitative estimate of drug-likeness (QED) is 0.753. The predicted molar refractivity (Wildman–Crippen MR) is 67.5 cm³/mol. The molecule has 2 rings (SSSR count). The van der Waals surface area contributed by atoms with Crippen LogP contribution in [0.1, 0.15) is 11.1 Å². The summed E-state index contributed by atoms with van der Waals surface area (Å²) in [5.74, 6) is 0.199. The lowest BCUT2D eigenvalue weighted by Gasteiger charge is -2.18. The van der Waals surface area contributed by atoms with Crippen LogP contribution in [0.3, 0.4) is 0 Å². The number of hydrogen-bond donors (Lipinski definition) is 0. The smallest absolute Gasteiger partial charge is 0.214 e. The maximum Gasteiger partial charge on any atom is 0.214 e. The van der Waals surface area contributed by atoms with Crippen molar-refractivity contribution in [3.8, 4) is 0 Å². The van der Waals surface area contributed by atoms with Crippen LogP contribution >= 0.6 is 0 Å². The molecule has 0 fully saturated rings. The van der Waals surface area contributed by atoms with Crippen molar-refractivity contribution < 1.29 is 4.39 Å². The average molecular weight is 230 g/mol. The van der Waals surface area contributed by atoms with Crippen molar-refractivity contribution in [3.63, 3.8) is 0 Å². The van der Waals surface area contributed by atoms with Crippen LogP contribution < -0.4 is 4.90 Å². The van der Waals surface area contributed by atoms with Gasteiger partial charge in [-0.25, -0.2) is 4.98 Å². The third kappa shape index (κ3) is 3.03. The summed E-state index contributed by atoms with van der Waals surface area (Å²) in [6, 6.07) is 13.1. The van der Waals surface area contributed by atoms with E-state index in [2.05, 4.69) is 30.1 Å². The number of pyridine rings is 1. The molecule has 0 aliphatic rings. The van der Waals surface area contributed by atoms with Crippen LogP contribution in [0, 0.1) is 12.9 Å². The number of halogens is 1. The maximum atomic E-state index is 13.0. The Hall–Kier alpha value is -1.90. The van der Waals surface area contributed by atoms with Crippen molar-refractivity contribution in [3.05, 3.63) is 59.5 Å². The van der Waals surface area contributed by atoms with Gasteiger partial charge in [0.25, 0.3) is 0 Å². The first kappa shape index (κ1) is 11.6. The summed E-state index contributed by atoms with van der Waals surface area (Å²) in [6.45, 7) is 2.78. The molecule has 0 saturated heterocycles.